The lowest BCUT2D eigenvalue weighted by atomic mass is 10.2. The summed E-state index contributed by atoms with van der Waals surface area (Å²) in [5.74, 6) is -0.809. The van der Waals surface area contributed by atoms with E-state index in [1.807, 2.05) is 0 Å². The molecule has 0 saturated carbocycles. The van der Waals surface area contributed by atoms with E-state index in [9.17, 15) is 14.5 Å². The van der Waals surface area contributed by atoms with Crippen LogP contribution < -0.4 is 0 Å². The monoisotopic (exact) mass is 226 g/mol. The predicted molar refractivity (Wildman–Crippen MR) is 54.0 cm³/mol. The van der Waals surface area contributed by atoms with Crippen molar-refractivity contribution in [2.24, 2.45) is 0 Å². The third kappa shape index (κ3) is 2.34. The number of nitro groups is 1. The van der Waals surface area contributed by atoms with Crippen molar-refractivity contribution in [3.63, 3.8) is 0 Å². The maximum atomic E-state index is 13.0. The van der Waals surface area contributed by atoms with E-state index in [1.54, 1.807) is 5.06 Å². The van der Waals surface area contributed by atoms with E-state index in [4.69, 9.17) is 4.84 Å². The zero-order chi connectivity index (χ0) is 11.5. The lowest BCUT2D eigenvalue weighted by Gasteiger charge is -2.13. The highest BCUT2D eigenvalue weighted by molar-refractivity contribution is 5.36. The predicted octanol–water partition coefficient (Wildman–Crippen LogP) is 1.87. The molecule has 1 aliphatic heterocycles. The Labute approximate surface area is 91.5 Å². The van der Waals surface area contributed by atoms with Gasteiger partial charge in [0.1, 0.15) is 0 Å². The molecule has 1 saturated heterocycles. The van der Waals surface area contributed by atoms with Gasteiger partial charge >= 0.3 is 5.69 Å². The molecule has 0 aliphatic carbocycles. The van der Waals surface area contributed by atoms with Gasteiger partial charge in [-0.25, -0.2) is 0 Å². The molecule has 0 unspecified atom stereocenters. The van der Waals surface area contributed by atoms with Crippen molar-refractivity contribution in [1.82, 2.24) is 5.06 Å². The van der Waals surface area contributed by atoms with Gasteiger partial charge in [-0.3, -0.25) is 15.0 Å². The molecule has 2 rings (SSSR count). The second-order valence-corrected chi connectivity index (χ2v) is 3.59. The van der Waals surface area contributed by atoms with Crippen LogP contribution in [-0.2, 0) is 11.4 Å². The van der Waals surface area contributed by atoms with Crippen LogP contribution in [-0.4, -0.2) is 23.1 Å². The smallest absolute Gasteiger partial charge is 0.299 e. The van der Waals surface area contributed by atoms with Crippen LogP contribution in [0.4, 0.5) is 10.1 Å². The minimum absolute atomic E-state index is 0.446. The summed E-state index contributed by atoms with van der Waals surface area (Å²) in [5.41, 5.74) is 0.187. The molecule has 5 nitrogen and oxygen atoms in total. The van der Waals surface area contributed by atoms with Crippen molar-refractivity contribution in [2.75, 3.05) is 13.2 Å². The van der Waals surface area contributed by atoms with Gasteiger partial charge in [-0.05, 0) is 18.1 Å². The van der Waals surface area contributed by atoms with E-state index < -0.39 is 16.4 Å². The first-order valence-electron chi connectivity index (χ1n) is 4.97. The van der Waals surface area contributed by atoms with Gasteiger partial charge in [0.25, 0.3) is 0 Å². The molecule has 0 amide bonds. The summed E-state index contributed by atoms with van der Waals surface area (Å²) in [6.07, 6.45) is 0.948. The van der Waals surface area contributed by atoms with Crippen molar-refractivity contribution in [2.45, 2.75) is 13.0 Å². The van der Waals surface area contributed by atoms with Gasteiger partial charge in [-0.1, -0.05) is 6.07 Å². The molecule has 16 heavy (non-hydrogen) atoms. The van der Waals surface area contributed by atoms with E-state index in [0.717, 1.165) is 19.0 Å². The van der Waals surface area contributed by atoms with Gasteiger partial charge < -0.3 is 0 Å². The average Bonchev–Trinajstić information content (AvgIpc) is 2.73. The molecule has 0 radical (unpaired) electrons. The van der Waals surface area contributed by atoms with Crippen molar-refractivity contribution >= 4 is 5.69 Å². The lowest BCUT2D eigenvalue weighted by molar-refractivity contribution is -0.387. The fraction of sp³-hybridized carbons (Fsp3) is 0.400. The molecule has 1 aromatic carbocycles. The third-order valence-corrected chi connectivity index (χ3v) is 2.39. The van der Waals surface area contributed by atoms with E-state index in [2.05, 4.69) is 0 Å². The normalized spacial score (nSPS) is 16.6. The second-order valence-electron chi connectivity index (χ2n) is 3.59. The SMILES string of the molecule is O=[N+]([O-])c1cc(CN2CCCO2)ccc1F. The van der Waals surface area contributed by atoms with Crippen LogP contribution in [0.2, 0.25) is 0 Å². The zero-order valence-electron chi connectivity index (χ0n) is 8.56. The van der Waals surface area contributed by atoms with Crippen LogP contribution in [0, 0.1) is 15.9 Å². The summed E-state index contributed by atoms with van der Waals surface area (Å²) >= 11 is 0. The van der Waals surface area contributed by atoms with Gasteiger partial charge in [-0.15, -0.1) is 0 Å². The van der Waals surface area contributed by atoms with Crippen molar-refractivity contribution in [3.05, 3.63) is 39.7 Å². The fourth-order valence-electron chi connectivity index (χ4n) is 1.62. The van der Waals surface area contributed by atoms with Gasteiger partial charge in [0.15, 0.2) is 0 Å². The molecule has 0 N–H and O–H groups in total. The number of halogens is 1. The largest absolute Gasteiger partial charge is 0.305 e. The van der Waals surface area contributed by atoms with Crippen molar-refractivity contribution in [1.29, 1.82) is 0 Å². The van der Waals surface area contributed by atoms with Crippen molar-refractivity contribution in [3.8, 4) is 0 Å². The van der Waals surface area contributed by atoms with Crippen LogP contribution in [0.5, 0.6) is 0 Å². The Hall–Kier alpha value is -1.53. The molecule has 1 fully saturated rings. The maximum Gasteiger partial charge on any atom is 0.305 e. The molecule has 1 aromatic rings. The Morgan fingerprint density at radius 1 is 1.56 bits per heavy atom. The highest BCUT2D eigenvalue weighted by Gasteiger charge is 2.17. The fourth-order valence-corrected chi connectivity index (χ4v) is 1.62. The minimum atomic E-state index is -0.809. The van der Waals surface area contributed by atoms with Gasteiger partial charge in [0, 0.05) is 19.2 Å². The standard InChI is InChI=1S/C10H11FN2O3/c11-9-3-2-8(6-10(9)13(14)15)7-12-4-1-5-16-12/h2-3,6H,1,4-5,7H2. The molecule has 1 heterocycles. The Kier molecular flexibility index (Phi) is 3.12. The van der Waals surface area contributed by atoms with Gasteiger partial charge in [0.05, 0.1) is 11.5 Å². The highest BCUT2D eigenvalue weighted by Crippen LogP contribution is 2.20. The number of hydrogen-bond donors (Lipinski definition) is 0. The molecule has 0 aromatic heterocycles. The Balaban J connectivity index is 2.15. The maximum absolute atomic E-state index is 13.0. The van der Waals surface area contributed by atoms with Gasteiger partial charge in [0.2, 0.25) is 5.82 Å². The minimum Gasteiger partial charge on any atom is -0.299 e. The summed E-state index contributed by atoms with van der Waals surface area (Å²) in [5, 5.41) is 12.3. The van der Waals surface area contributed by atoms with Crippen LogP contribution >= 0.6 is 0 Å². The number of benzene rings is 1. The molecular formula is C10H11FN2O3. The first-order valence-corrected chi connectivity index (χ1v) is 4.97. The van der Waals surface area contributed by atoms with E-state index in [-0.39, 0.29) is 0 Å². The number of rotatable bonds is 3. The summed E-state index contributed by atoms with van der Waals surface area (Å²) in [6.45, 7) is 1.91. The highest BCUT2D eigenvalue weighted by atomic mass is 19.1. The Bertz CT molecular complexity index is 405. The Morgan fingerprint density at radius 2 is 2.38 bits per heavy atom. The third-order valence-electron chi connectivity index (χ3n) is 2.39. The molecule has 1 aliphatic rings. The molecule has 0 atom stereocenters. The first kappa shape index (κ1) is 11.0. The number of nitrogens with zero attached hydrogens (tertiary/aromatic N) is 2. The van der Waals surface area contributed by atoms with E-state index >= 15 is 0 Å². The topological polar surface area (TPSA) is 55.6 Å². The molecule has 0 bridgehead atoms. The van der Waals surface area contributed by atoms with Crippen LogP contribution in [0.25, 0.3) is 0 Å². The average molecular weight is 226 g/mol. The lowest BCUT2D eigenvalue weighted by Crippen LogP contribution is -2.17. The van der Waals surface area contributed by atoms with Crippen LogP contribution in [0.15, 0.2) is 18.2 Å². The quantitative estimate of drug-likeness (QED) is 0.583. The number of hydroxylamine groups is 2. The molecule has 86 valence electrons. The summed E-state index contributed by atoms with van der Waals surface area (Å²) in [6, 6.07) is 3.89. The van der Waals surface area contributed by atoms with Gasteiger partial charge in [-0.2, -0.15) is 9.45 Å². The summed E-state index contributed by atoms with van der Waals surface area (Å²) in [7, 11) is 0. The second kappa shape index (κ2) is 4.54. The van der Waals surface area contributed by atoms with E-state index in [0.29, 0.717) is 18.7 Å². The summed E-state index contributed by atoms with van der Waals surface area (Å²) in [4.78, 5) is 15.1. The molecule has 0 spiro atoms. The van der Waals surface area contributed by atoms with Crippen LogP contribution in [0.3, 0.4) is 0 Å². The van der Waals surface area contributed by atoms with Crippen molar-refractivity contribution < 1.29 is 14.2 Å². The van der Waals surface area contributed by atoms with Crippen LogP contribution in [0.1, 0.15) is 12.0 Å². The zero-order valence-corrected chi connectivity index (χ0v) is 8.56. The molecular weight excluding hydrogens is 215 g/mol. The molecule has 6 heteroatoms. The van der Waals surface area contributed by atoms with E-state index in [1.165, 1.54) is 12.1 Å². The number of hydrogen-bond acceptors (Lipinski definition) is 4. The number of nitro benzene ring substituents is 1. The Morgan fingerprint density at radius 3 is 3.00 bits per heavy atom. The first-order chi connectivity index (χ1) is 7.66. The summed E-state index contributed by atoms with van der Waals surface area (Å²) < 4.78 is 13.0.